The smallest absolute Gasteiger partial charge is 0.422 e. The SMILES string of the molecule is OC(CC1OC=CO1)(c1c[nH]c(=S)s1)C(F)(F)F. The lowest BCUT2D eigenvalue weighted by Gasteiger charge is -2.30. The first-order valence-electron chi connectivity index (χ1n) is 4.77. The molecule has 1 aliphatic rings. The van der Waals surface area contributed by atoms with Crippen LogP contribution in [0.25, 0.3) is 0 Å². The summed E-state index contributed by atoms with van der Waals surface area (Å²) < 4.78 is 48.8. The van der Waals surface area contributed by atoms with Gasteiger partial charge in [0.2, 0.25) is 11.9 Å². The maximum absolute atomic E-state index is 13.0. The van der Waals surface area contributed by atoms with Gasteiger partial charge in [0.25, 0.3) is 0 Å². The zero-order valence-electron chi connectivity index (χ0n) is 8.73. The molecule has 0 aliphatic carbocycles. The van der Waals surface area contributed by atoms with Gasteiger partial charge in [-0.15, -0.1) is 11.3 Å². The van der Waals surface area contributed by atoms with E-state index < -0.39 is 24.5 Å². The lowest BCUT2D eigenvalue weighted by atomic mass is 9.97. The molecule has 2 N–H and O–H groups in total. The van der Waals surface area contributed by atoms with Crippen molar-refractivity contribution in [1.82, 2.24) is 4.98 Å². The molecule has 1 aromatic heterocycles. The number of alkyl halides is 3. The second kappa shape index (κ2) is 4.56. The van der Waals surface area contributed by atoms with Crippen molar-refractivity contribution in [1.29, 1.82) is 0 Å². The number of aliphatic hydroxyl groups is 1. The number of H-pyrrole nitrogens is 1. The van der Waals surface area contributed by atoms with Crippen molar-refractivity contribution in [2.24, 2.45) is 0 Å². The van der Waals surface area contributed by atoms with Crippen molar-refractivity contribution < 1.29 is 27.8 Å². The van der Waals surface area contributed by atoms with Gasteiger partial charge in [-0.2, -0.15) is 13.2 Å². The summed E-state index contributed by atoms with van der Waals surface area (Å²) in [6, 6.07) is 0. The maximum atomic E-state index is 13.0. The lowest BCUT2D eigenvalue weighted by molar-refractivity contribution is -0.281. The van der Waals surface area contributed by atoms with Crippen molar-refractivity contribution in [3.05, 3.63) is 27.6 Å². The normalized spacial score (nSPS) is 19.3. The average molecular weight is 299 g/mol. The molecule has 4 nitrogen and oxygen atoms in total. The van der Waals surface area contributed by atoms with E-state index in [0.717, 1.165) is 18.7 Å². The molecule has 0 amide bonds. The van der Waals surface area contributed by atoms with Crippen LogP contribution in [0.3, 0.4) is 0 Å². The number of aromatic nitrogens is 1. The van der Waals surface area contributed by atoms with Crippen molar-refractivity contribution >= 4 is 23.6 Å². The summed E-state index contributed by atoms with van der Waals surface area (Å²) >= 11 is 5.38. The van der Waals surface area contributed by atoms with Gasteiger partial charge >= 0.3 is 6.18 Å². The van der Waals surface area contributed by atoms with Crippen LogP contribution < -0.4 is 0 Å². The van der Waals surface area contributed by atoms with Gasteiger partial charge in [0.15, 0.2) is 3.95 Å². The molecule has 1 atom stereocenters. The number of halogens is 3. The van der Waals surface area contributed by atoms with Gasteiger partial charge in [-0.05, 0) is 12.2 Å². The highest BCUT2D eigenvalue weighted by atomic mass is 32.1. The van der Waals surface area contributed by atoms with Gasteiger partial charge in [-0.1, -0.05) is 0 Å². The lowest BCUT2D eigenvalue weighted by Crippen LogP contribution is -2.44. The van der Waals surface area contributed by atoms with Gasteiger partial charge in [0, 0.05) is 6.20 Å². The van der Waals surface area contributed by atoms with E-state index in [0.29, 0.717) is 11.3 Å². The number of aromatic amines is 1. The Morgan fingerprint density at radius 3 is 2.44 bits per heavy atom. The van der Waals surface area contributed by atoms with Crippen molar-refractivity contribution in [2.75, 3.05) is 0 Å². The zero-order valence-corrected chi connectivity index (χ0v) is 10.4. The number of hydrogen-bond acceptors (Lipinski definition) is 5. The molecule has 0 saturated heterocycles. The summed E-state index contributed by atoms with van der Waals surface area (Å²) in [5.41, 5.74) is -3.05. The summed E-state index contributed by atoms with van der Waals surface area (Å²) in [5.74, 6) is 0. The van der Waals surface area contributed by atoms with Crippen LogP contribution in [0.15, 0.2) is 18.7 Å². The fourth-order valence-corrected chi connectivity index (χ4v) is 2.58. The molecule has 9 heteroatoms. The summed E-state index contributed by atoms with van der Waals surface area (Å²) in [7, 11) is 0. The zero-order chi connectivity index (χ0) is 13.4. The monoisotopic (exact) mass is 299 g/mol. The molecule has 1 unspecified atom stereocenters. The highest BCUT2D eigenvalue weighted by molar-refractivity contribution is 7.73. The van der Waals surface area contributed by atoms with Crippen LogP contribution in [0.4, 0.5) is 13.2 Å². The Bertz CT molecular complexity index is 502. The van der Waals surface area contributed by atoms with Crippen LogP contribution in [-0.2, 0) is 15.1 Å². The molecule has 2 rings (SSSR count). The standard InChI is InChI=1S/C9H8F3NO3S2/c10-9(11,12)8(14,3-6-15-1-2-16-6)5-4-13-7(17)18-5/h1-2,4,6,14H,3H2,(H,13,17). The number of ether oxygens (including phenoxy) is 2. The highest BCUT2D eigenvalue weighted by Crippen LogP contribution is 2.44. The van der Waals surface area contributed by atoms with Crippen LogP contribution >= 0.6 is 23.6 Å². The fourth-order valence-electron chi connectivity index (χ4n) is 1.45. The number of nitrogens with one attached hydrogen (secondary N) is 1. The summed E-state index contributed by atoms with van der Waals surface area (Å²) in [6.07, 6.45) is -3.51. The topological polar surface area (TPSA) is 54.5 Å². The molecule has 1 aromatic rings. The van der Waals surface area contributed by atoms with Crippen LogP contribution in [0.2, 0.25) is 0 Å². The molecule has 0 radical (unpaired) electrons. The molecular weight excluding hydrogens is 291 g/mol. The Morgan fingerprint density at radius 1 is 1.39 bits per heavy atom. The van der Waals surface area contributed by atoms with Gasteiger partial charge < -0.3 is 19.6 Å². The summed E-state index contributed by atoms with van der Waals surface area (Å²) in [4.78, 5) is 2.13. The predicted octanol–water partition coefficient (Wildman–Crippen LogP) is 2.79. The van der Waals surface area contributed by atoms with Gasteiger partial charge in [-0.25, -0.2) is 0 Å². The highest BCUT2D eigenvalue weighted by Gasteiger charge is 2.57. The number of thiazole rings is 1. The molecule has 18 heavy (non-hydrogen) atoms. The molecular formula is C9H8F3NO3S2. The van der Waals surface area contributed by atoms with E-state index in [2.05, 4.69) is 4.98 Å². The second-order valence-electron chi connectivity index (χ2n) is 3.58. The van der Waals surface area contributed by atoms with E-state index in [1.165, 1.54) is 0 Å². The minimum absolute atomic E-state index is 0.152. The van der Waals surface area contributed by atoms with Gasteiger partial charge in [0.05, 0.1) is 11.3 Å². The Labute approximate surface area is 109 Å². The quantitative estimate of drug-likeness (QED) is 0.843. The van der Waals surface area contributed by atoms with Crippen LogP contribution in [0.1, 0.15) is 11.3 Å². The number of rotatable bonds is 3. The predicted molar refractivity (Wildman–Crippen MR) is 59.2 cm³/mol. The molecule has 0 bridgehead atoms. The molecule has 1 aliphatic heterocycles. The molecule has 0 fully saturated rings. The van der Waals surface area contributed by atoms with E-state index in [-0.39, 0.29) is 8.83 Å². The Kier molecular flexibility index (Phi) is 3.39. The Morgan fingerprint density at radius 2 is 2.00 bits per heavy atom. The summed E-state index contributed by atoms with van der Waals surface area (Å²) in [5, 5.41) is 9.92. The van der Waals surface area contributed by atoms with Crippen molar-refractivity contribution in [3.63, 3.8) is 0 Å². The number of hydrogen-bond donors (Lipinski definition) is 2. The largest absolute Gasteiger partial charge is 0.459 e. The minimum atomic E-state index is -4.86. The minimum Gasteiger partial charge on any atom is -0.459 e. The summed E-state index contributed by atoms with van der Waals surface area (Å²) in [6.45, 7) is 0. The first-order chi connectivity index (χ1) is 8.33. The molecule has 2 heterocycles. The third-order valence-corrected chi connectivity index (χ3v) is 3.73. The molecule has 0 saturated carbocycles. The van der Waals surface area contributed by atoms with Crippen molar-refractivity contribution in [2.45, 2.75) is 24.5 Å². The third kappa shape index (κ3) is 2.38. The van der Waals surface area contributed by atoms with E-state index in [9.17, 15) is 18.3 Å². The van der Waals surface area contributed by atoms with Crippen LogP contribution in [0.5, 0.6) is 0 Å². The van der Waals surface area contributed by atoms with Crippen LogP contribution in [-0.4, -0.2) is 22.6 Å². The van der Waals surface area contributed by atoms with E-state index in [4.69, 9.17) is 21.7 Å². The molecule has 100 valence electrons. The Balaban J connectivity index is 2.31. The Hall–Kier alpha value is -1.06. The third-order valence-electron chi connectivity index (χ3n) is 2.38. The first kappa shape index (κ1) is 13.4. The fraction of sp³-hybridized carbons (Fsp3) is 0.444. The average Bonchev–Trinajstić information content (AvgIpc) is 2.87. The van der Waals surface area contributed by atoms with E-state index >= 15 is 0 Å². The van der Waals surface area contributed by atoms with E-state index in [1.54, 1.807) is 0 Å². The van der Waals surface area contributed by atoms with Gasteiger partial charge in [0.1, 0.15) is 12.5 Å². The van der Waals surface area contributed by atoms with E-state index in [1.807, 2.05) is 0 Å². The van der Waals surface area contributed by atoms with Crippen LogP contribution in [0, 0.1) is 3.95 Å². The van der Waals surface area contributed by atoms with Gasteiger partial charge in [-0.3, -0.25) is 0 Å². The molecule has 0 spiro atoms. The maximum Gasteiger partial charge on any atom is 0.422 e. The van der Waals surface area contributed by atoms with Crippen molar-refractivity contribution in [3.8, 4) is 0 Å². The molecule has 0 aromatic carbocycles. The first-order valence-corrected chi connectivity index (χ1v) is 5.99. The second-order valence-corrected chi connectivity index (χ2v) is 5.30.